The van der Waals surface area contributed by atoms with Crippen molar-refractivity contribution in [1.82, 2.24) is 0 Å². The molecule has 0 bridgehead atoms. The van der Waals surface area contributed by atoms with Crippen LogP contribution in [0.3, 0.4) is 0 Å². The molecule has 124 valence electrons. The van der Waals surface area contributed by atoms with E-state index in [-0.39, 0.29) is 29.1 Å². The number of hydrogen-bond acceptors (Lipinski definition) is 1. The molecule has 0 N–H and O–H groups in total. The summed E-state index contributed by atoms with van der Waals surface area (Å²) in [6.45, 7) is 14.2. The molecule has 0 saturated carbocycles. The molecule has 3 heteroatoms. The molecular weight excluding hydrogens is 277 g/mol. The van der Waals surface area contributed by atoms with Gasteiger partial charge in [-0.3, -0.25) is 4.79 Å². The number of carbonyl (C=O) groups excluding carboxylic acids is 1. The van der Waals surface area contributed by atoms with E-state index in [4.69, 9.17) is 0 Å². The molecule has 0 saturated heterocycles. The Kier molecular flexibility index (Phi) is 6.16. The molecule has 0 radical (unpaired) electrons. The normalized spacial score (nSPS) is 14.5. The van der Waals surface area contributed by atoms with Gasteiger partial charge in [0.15, 0.2) is 0 Å². The van der Waals surface area contributed by atoms with E-state index in [1.165, 1.54) is 6.07 Å². The number of halogens is 1. The van der Waals surface area contributed by atoms with Gasteiger partial charge >= 0.3 is 0 Å². The summed E-state index contributed by atoms with van der Waals surface area (Å²) in [6, 6.07) is 5.01. The average Bonchev–Trinajstić information content (AvgIpc) is 2.49. The Bertz CT molecular complexity index is 524. The third kappa shape index (κ3) is 3.88. The molecule has 22 heavy (non-hydrogen) atoms. The van der Waals surface area contributed by atoms with Crippen molar-refractivity contribution in [3.8, 4) is 0 Å². The van der Waals surface area contributed by atoms with Crippen LogP contribution in [0.1, 0.15) is 59.9 Å². The summed E-state index contributed by atoms with van der Waals surface area (Å²) in [5, 5.41) is 0. The molecule has 1 amide bonds. The topological polar surface area (TPSA) is 20.3 Å². The predicted molar refractivity (Wildman–Crippen MR) is 91.6 cm³/mol. The summed E-state index contributed by atoms with van der Waals surface area (Å²) in [5.41, 5.74) is 1.30. The zero-order valence-electron chi connectivity index (χ0n) is 15.0. The Labute approximate surface area is 134 Å². The smallest absolute Gasteiger partial charge is 0.230 e. The van der Waals surface area contributed by atoms with Crippen molar-refractivity contribution in [1.29, 1.82) is 0 Å². The number of carbonyl (C=O) groups is 1. The summed E-state index contributed by atoms with van der Waals surface area (Å²) in [5.74, 6) is -0.202. The second-order valence-corrected chi connectivity index (χ2v) is 6.96. The molecule has 0 fully saturated rings. The van der Waals surface area contributed by atoms with Crippen LogP contribution in [0.4, 0.5) is 10.1 Å². The molecule has 0 aliphatic rings. The Morgan fingerprint density at radius 3 is 2.32 bits per heavy atom. The van der Waals surface area contributed by atoms with Crippen molar-refractivity contribution in [3.05, 3.63) is 29.6 Å². The first kappa shape index (κ1) is 18.7. The molecule has 0 aliphatic heterocycles. The number of anilines is 1. The monoisotopic (exact) mass is 307 g/mol. The van der Waals surface area contributed by atoms with E-state index in [0.717, 1.165) is 18.5 Å². The van der Waals surface area contributed by atoms with Crippen LogP contribution in [0.25, 0.3) is 0 Å². The minimum Gasteiger partial charge on any atom is -0.309 e. The molecule has 1 aromatic carbocycles. The summed E-state index contributed by atoms with van der Waals surface area (Å²) < 4.78 is 13.5. The van der Waals surface area contributed by atoms with Crippen LogP contribution in [0, 0.1) is 24.1 Å². The second kappa shape index (κ2) is 7.26. The van der Waals surface area contributed by atoms with Gasteiger partial charge in [-0.25, -0.2) is 4.39 Å². The van der Waals surface area contributed by atoms with Gasteiger partial charge in [-0.05, 0) is 49.4 Å². The summed E-state index contributed by atoms with van der Waals surface area (Å²) in [6.07, 6.45) is 1.80. The lowest BCUT2D eigenvalue weighted by Gasteiger charge is -2.37. The van der Waals surface area contributed by atoms with E-state index < -0.39 is 0 Å². The fraction of sp³-hybridized carbons (Fsp3) is 0.632. The third-order valence-corrected chi connectivity index (χ3v) is 5.14. The lowest BCUT2D eigenvalue weighted by Crippen LogP contribution is -2.45. The van der Waals surface area contributed by atoms with Gasteiger partial charge in [-0.15, -0.1) is 0 Å². The molecular formula is C19H30FNO. The quantitative estimate of drug-likeness (QED) is 0.695. The standard InChI is InChI=1S/C19H30FNO/c1-8-14(4)21(16-10-11-17(20)13(3)12-16)18(22)15(5)19(6,7)9-2/h10-12,14-15H,8-9H2,1-7H3. The fourth-order valence-electron chi connectivity index (χ4n) is 2.41. The number of aryl methyl sites for hydroxylation is 1. The van der Waals surface area contributed by atoms with Gasteiger partial charge in [0, 0.05) is 17.6 Å². The van der Waals surface area contributed by atoms with Crippen molar-refractivity contribution in [3.63, 3.8) is 0 Å². The molecule has 1 aromatic rings. The van der Waals surface area contributed by atoms with E-state index in [1.54, 1.807) is 19.1 Å². The number of rotatable bonds is 6. The highest BCUT2D eigenvalue weighted by Gasteiger charge is 2.34. The van der Waals surface area contributed by atoms with Crippen LogP contribution in [-0.2, 0) is 4.79 Å². The minimum atomic E-state index is -0.234. The number of nitrogens with zero attached hydrogens (tertiary/aromatic N) is 1. The van der Waals surface area contributed by atoms with Gasteiger partial charge in [-0.2, -0.15) is 0 Å². The van der Waals surface area contributed by atoms with Gasteiger partial charge in [0.1, 0.15) is 5.82 Å². The SMILES string of the molecule is CCC(C)N(C(=O)C(C)C(C)(C)CC)c1ccc(F)c(C)c1. The van der Waals surface area contributed by atoms with Gasteiger partial charge < -0.3 is 4.90 Å². The molecule has 2 atom stereocenters. The van der Waals surface area contributed by atoms with Gasteiger partial charge in [0.05, 0.1) is 0 Å². The second-order valence-electron chi connectivity index (χ2n) is 6.96. The average molecular weight is 307 g/mol. The molecule has 0 spiro atoms. The van der Waals surface area contributed by atoms with Crippen molar-refractivity contribution < 1.29 is 9.18 Å². The molecule has 2 nitrogen and oxygen atoms in total. The van der Waals surface area contributed by atoms with Gasteiger partial charge in [-0.1, -0.05) is 41.0 Å². The Hall–Kier alpha value is -1.38. The maximum Gasteiger partial charge on any atom is 0.230 e. The van der Waals surface area contributed by atoms with Gasteiger partial charge in [0.2, 0.25) is 5.91 Å². The van der Waals surface area contributed by atoms with E-state index in [9.17, 15) is 9.18 Å². The van der Waals surface area contributed by atoms with Crippen molar-refractivity contribution in [2.24, 2.45) is 11.3 Å². The highest BCUT2D eigenvalue weighted by molar-refractivity contribution is 5.95. The summed E-state index contributed by atoms with van der Waals surface area (Å²) in [4.78, 5) is 14.9. The van der Waals surface area contributed by atoms with Crippen LogP contribution in [-0.4, -0.2) is 11.9 Å². The third-order valence-electron chi connectivity index (χ3n) is 5.14. The molecule has 0 aliphatic carbocycles. The van der Waals surface area contributed by atoms with Crippen LogP contribution < -0.4 is 4.90 Å². The lowest BCUT2D eigenvalue weighted by molar-refractivity contribution is -0.125. The first-order valence-corrected chi connectivity index (χ1v) is 8.24. The summed E-state index contributed by atoms with van der Waals surface area (Å²) >= 11 is 0. The van der Waals surface area contributed by atoms with E-state index in [1.807, 2.05) is 18.7 Å². The highest BCUT2D eigenvalue weighted by atomic mass is 19.1. The Morgan fingerprint density at radius 1 is 1.27 bits per heavy atom. The zero-order valence-corrected chi connectivity index (χ0v) is 15.0. The largest absolute Gasteiger partial charge is 0.309 e. The summed E-state index contributed by atoms with van der Waals surface area (Å²) in [7, 11) is 0. The van der Waals surface area contributed by atoms with Crippen LogP contribution in [0.2, 0.25) is 0 Å². The minimum absolute atomic E-state index is 0.0577. The first-order chi connectivity index (χ1) is 10.2. The number of hydrogen-bond donors (Lipinski definition) is 0. The van der Waals surface area contributed by atoms with Crippen LogP contribution in [0.5, 0.6) is 0 Å². The van der Waals surface area contributed by atoms with Crippen molar-refractivity contribution in [2.75, 3.05) is 4.90 Å². The predicted octanol–water partition coefficient (Wildman–Crippen LogP) is 5.34. The van der Waals surface area contributed by atoms with E-state index in [0.29, 0.717) is 5.56 Å². The first-order valence-electron chi connectivity index (χ1n) is 8.24. The zero-order chi connectivity index (χ0) is 17.1. The molecule has 2 unspecified atom stereocenters. The fourth-order valence-corrected chi connectivity index (χ4v) is 2.41. The molecule has 0 heterocycles. The maximum absolute atomic E-state index is 13.5. The molecule has 1 rings (SSSR count). The Balaban J connectivity index is 3.23. The van der Waals surface area contributed by atoms with E-state index >= 15 is 0 Å². The number of benzene rings is 1. The van der Waals surface area contributed by atoms with Crippen LogP contribution >= 0.6 is 0 Å². The van der Waals surface area contributed by atoms with Crippen molar-refractivity contribution >= 4 is 11.6 Å². The van der Waals surface area contributed by atoms with Crippen LogP contribution in [0.15, 0.2) is 18.2 Å². The highest BCUT2D eigenvalue weighted by Crippen LogP contribution is 2.34. The molecule has 0 aromatic heterocycles. The van der Waals surface area contributed by atoms with Crippen molar-refractivity contribution in [2.45, 2.75) is 67.3 Å². The van der Waals surface area contributed by atoms with E-state index in [2.05, 4.69) is 27.7 Å². The van der Waals surface area contributed by atoms with Gasteiger partial charge in [0.25, 0.3) is 0 Å². The maximum atomic E-state index is 13.5. The lowest BCUT2D eigenvalue weighted by atomic mass is 9.77. The number of amides is 1. The Morgan fingerprint density at radius 2 is 1.86 bits per heavy atom.